The van der Waals surface area contributed by atoms with E-state index in [9.17, 15) is 0 Å². The minimum atomic E-state index is 0. The van der Waals surface area contributed by atoms with Crippen molar-refractivity contribution in [1.82, 2.24) is 20.4 Å². The van der Waals surface area contributed by atoms with Gasteiger partial charge in [0.2, 0.25) is 0 Å². The molecule has 24 heavy (non-hydrogen) atoms. The molecule has 0 spiro atoms. The summed E-state index contributed by atoms with van der Waals surface area (Å²) in [6.07, 6.45) is 1.14. The van der Waals surface area contributed by atoms with Gasteiger partial charge < -0.3 is 15.4 Å². The van der Waals surface area contributed by atoms with Crippen LogP contribution in [0.4, 0.5) is 0 Å². The van der Waals surface area contributed by atoms with E-state index in [1.54, 1.807) is 7.11 Å². The Bertz CT molecular complexity index is 499. The molecule has 1 heterocycles. The fraction of sp³-hybridized carbons (Fsp3) is 0.765. The lowest BCUT2D eigenvalue weighted by molar-refractivity contribution is 0.182. The number of halogens is 1. The Kier molecular flexibility index (Phi) is 12.1. The lowest BCUT2D eigenvalue weighted by Gasteiger charge is -2.12. The van der Waals surface area contributed by atoms with Gasteiger partial charge in [-0.05, 0) is 33.1 Å². The molecule has 0 bridgehead atoms. The predicted octanol–water partition coefficient (Wildman–Crippen LogP) is 2.87. The molecule has 2 N–H and O–H groups in total. The molecule has 0 unspecified atom stereocenters. The quantitative estimate of drug-likeness (QED) is 0.344. The molecular weight excluding hydrogens is 417 g/mol. The molecule has 0 aliphatic carbocycles. The van der Waals surface area contributed by atoms with Crippen molar-refractivity contribution in [1.29, 1.82) is 0 Å². The Balaban J connectivity index is 0.00000529. The maximum Gasteiger partial charge on any atom is 0.191 e. The molecule has 0 aliphatic rings. The molecular formula is C17H34IN5O. The number of methoxy groups -OCH3 is 1. The third-order valence-electron chi connectivity index (χ3n) is 3.79. The Morgan fingerprint density at radius 3 is 2.58 bits per heavy atom. The monoisotopic (exact) mass is 451 g/mol. The van der Waals surface area contributed by atoms with Crippen molar-refractivity contribution in [3.05, 3.63) is 17.0 Å². The Labute approximate surface area is 163 Å². The molecule has 1 aromatic heterocycles. The van der Waals surface area contributed by atoms with Crippen LogP contribution in [-0.4, -0.2) is 42.5 Å². The number of ether oxygens (including phenoxy) is 1. The van der Waals surface area contributed by atoms with Gasteiger partial charge in [0.15, 0.2) is 5.96 Å². The Morgan fingerprint density at radius 1 is 1.29 bits per heavy atom. The van der Waals surface area contributed by atoms with Gasteiger partial charge in [0.05, 0.1) is 25.4 Å². The van der Waals surface area contributed by atoms with Crippen molar-refractivity contribution in [2.45, 2.75) is 54.1 Å². The molecule has 0 fully saturated rings. The van der Waals surface area contributed by atoms with E-state index in [0.29, 0.717) is 19.1 Å². The Morgan fingerprint density at radius 2 is 2.00 bits per heavy atom. The normalized spacial score (nSPS) is 11.5. The van der Waals surface area contributed by atoms with Gasteiger partial charge in [-0.15, -0.1) is 24.0 Å². The highest BCUT2D eigenvalue weighted by molar-refractivity contribution is 14.0. The van der Waals surface area contributed by atoms with Gasteiger partial charge in [0.1, 0.15) is 0 Å². The standard InChI is InChI=1S/C17H33N5O.HI/c1-7-18-17(19-9-8-13(2)3)20-12-16-14(4)21-22(15(16)5)10-11-23-6;/h13H,7-12H2,1-6H3,(H2,18,19,20);1H. The van der Waals surface area contributed by atoms with Crippen LogP contribution in [0.25, 0.3) is 0 Å². The summed E-state index contributed by atoms with van der Waals surface area (Å²) >= 11 is 0. The largest absolute Gasteiger partial charge is 0.383 e. The summed E-state index contributed by atoms with van der Waals surface area (Å²) in [5.41, 5.74) is 3.41. The van der Waals surface area contributed by atoms with E-state index in [-0.39, 0.29) is 24.0 Å². The predicted molar refractivity (Wildman–Crippen MR) is 111 cm³/mol. The molecule has 0 atom stereocenters. The molecule has 0 saturated carbocycles. The maximum atomic E-state index is 5.14. The third-order valence-corrected chi connectivity index (χ3v) is 3.79. The fourth-order valence-electron chi connectivity index (χ4n) is 2.34. The van der Waals surface area contributed by atoms with Gasteiger partial charge in [-0.1, -0.05) is 13.8 Å². The van der Waals surface area contributed by atoms with Crippen LogP contribution in [0.3, 0.4) is 0 Å². The lowest BCUT2D eigenvalue weighted by Crippen LogP contribution is -2.38. The summed E-state index contributed by atoms with van der Waals surface area (Å²) in [4.78, 5) is 4.71. The van der Waals surface area contributed by atoms with Crippen LogP contribution in [0, 0.1) is 19.8 Å². The molecule has 0 amide bonds. The topological polar surface area (TPSA) is 63.5 Å². The molecule has 7 heteroatoms. The van der Waals surface area contributed by atoms with Gasteiger partial charge in [-0.2, -0.15) is 5.10 Å². The molecule has 0 radical (unpaired) electrons. The number of hydrogen-bond acceptors (Lipinski definition) is 3. The van der Waals surface area contributed by atoms with Gasteiger partial charge in [-0.3, -0.25) is 4.68 Å². The van der Waals surface area contributed by atoms with Crippen LogP contribution in [0.2, 0.25) is 0 Å². The van der Waals surface area contributed by atoms with E-state index in [4.69, 9.17) is 9.73 Å². The first-order valence-electron chi connectivity index (χ1n) is 8.53. The molecule has 140 valence electrons. The molecule has 0 saturated heterocycles. The van der Waals surface area contributed by atoms with E-state index >= 15 is 0 Å². The number of aromatic nitrogens is 2. The highest BCUT2D eigenvalue weighted by atomic mass is 127. The van der Waals surface area contributed by atoms with Gasteiger partial charge in [0, 0.05) is 31.5 Å². The van der Waals surface area contributed by atoms with E-state index in [1.165, 1.54) is 11.3 Å². The summed E-state index contributed by atoms with van der Waals surface area (Å²) in [5.74, 6) is 1.56. The highest BCUT2D eigenvalue weighted by Gasteiger charge is 2.11. The zero-order valence-electron chi connectivity index (χ0n) is 16.0. The van der Waals surface area contributed by atoms with Gasteiger partial charge >= 0.3 is 0 Å². The van der Waals surface area contributed by atoms with Crippen molar-refractivity contribution in [3.8, 4) is 0 Å². The number of hydrogen-bond donors (Lipinski definition) is 2. The van der Waals surface area contributed by atoms with E-state index < -0.39 is 0 Å². The first-order valence-corrected chi connectivity index (χ1v) is 8.53. The SMILES string of the molecule is CCNC(=NCc1c(C)nn(CCOC)c1C)NCCC(C)C.I. The number of aliphatic imine (C=N–C) groups is 1. The minimum Gasteiger partial charge on any atom is -0.383 e. The van der Waals surface area contributed by atoms with Crippen LogP contribution < -0.4 is 10.6 Å². The van der Waals surface area contributed by atoms with Crippen molar-refractivity contribution in [3.63, 3.8) is 0 Å². The number of rotatable bonds is 9. The summed E-state index contributed by atoms with van der Waals surface area (Å²) in [5, 5.41) is 11.3. The molecule has 0 aromatic carbocycles. The lowest BCUT2D eigenvalue weighted by atomic mass is 10.1. The average Bonchev–Trinajstić information content (AvgIpc) is 2.76. The zero-order chi connectivity index (χ0) is 17.2. The van der Waals surface area contributed by atoms with E-state index in [2.05, 4.69) is 43.4 Å². The van der Waals surface area contributed by atoms with Crippen molar-refractivity contribution >= 4 is 29.9 Å². The van der Waals surface area contributed by atoms with Crippen molar-refractivity contribution in [2.75, 3.05) is 26.8 Å². The highest BCUT2D eigenvalue weighted by Crippen LogP contribution is 2.14. The fourth-order valence-corrected chi connectivity index (χ4v) is 2.34. The van der Waals surface area contributed by atoms with Gasteiger partial charge in [-0.25, -0.2) is 4.99 Å². The minimum absolute atomic E-state index is 0. The third kappa shape index (κ3) is 7.83. The second-order valence-corrected chi connectivity index (χ2v) is 6.17. The Hall–Kier alpha value is -0.830. The second kappa shape index (κ2) is 12.5. The van der Waals surface area contributed by atoms with Crippen LogP contribution >= 0.6 is 24.0 Å². The van der Waals surface area contributed by atoms with Crippen LogP contribution in [-0.2, 0) is 17.8 Å². The van der Waals surface area contributed by atoms with E-state index in [0.717, 1.165) is 37.7 Å². The van der Waals surface area contributed by atoms with Crippen molar-refractivity contribution in [2.24, 2.45) is 10.9 Å². The molecule has 1 aromatic rings. The van der Waals surface area contributed by atoms with Gasteiger partial charge in [0.25, 0.3) is 0 Å². The number of guanidine groups is 1. The van der Waals surface area contributed by atoms with Crippen LogP contribution in [0.1, 0.15) is 44.1 Å². The maximum absolute atomic E-state index is 5.14. The molecule has 1 rings (SSSR count). The molecule has 0 aliphatic heterocycles. The van der Waals surface area contributed by atoms with E-state index in [1.807, 2.05) is 11.6 Å². The number of nitrogens with zero attached hydrogens (tertiary/aromatic N) is 3. The summed E-state index contributed by atoms with van der Waals surface area (Å²) < 4.78 is 7.14. The smallest absolute Gasteiger partial charge is 0.191 e. The van der Waals surface area contributed by atoms with Crippen LogP contribution in [0.5, 0.6) is 0 Å². The number of aryl methyl sites for hydroxylation is 1. The zero-order valence-corrected chi connectivity index (χ0v) is 18.3. The summed E-state index contributed by atoms with van der Waals surface area (Å²) in [6, 6.07) is 0. The van der Waals surface area contributed by atoms with Crippen molar-refractivity contribution < 1.29 is 4.74 Å². The summed E-state index contributed by atoms with van der Waals surface area (Å²) in [6.45, 7) is 14.6. The second-order valence-electron chi connectivity index (χ2n) is 6.17. The summed E-state index contributed by atoms with van der Waals surface area (Å²) in [7, 11) is 1.71. The average molecular weight is 451 g/mol. The van der Waals surface area contributed by atoms with Crippen LogP contribution in [0.15, 0.2) is 4.99 Å². The first-order chi connectivity index (χ1) is 11.0. The molecule has 6 nitrogen and oxygen atoms in total. The number of nitrogens with one attached hydrogen (secondary N) is 2. The first kappa shape index (κ1) is 23.2.